The minimum atomic E-state index is -1.07. The van der Waals surface area contributed by atoms with E-state index in [2.05, 4.69) is 16.5 Å². The van der Waals surface area contributed by atoms with Crippen LogP contribution in [0.3, 0.4) is 0 Å². The Morgan fingerprint density at radius 3 is 2.67 bits per heavy atom. The standard InChI is InChI=1S/C22H15FN4O3/c1-13-19(22(28)29)12-27-21(13)20(14(10-24)11-25-27)26-16-5-7-17(8-6-16)30-18-4-2-3-15(23)9-18/h2-9,11-12,26H,1H3,(H,28,29). The number of ether oxygens (including phenoxy) is 1. The Morgan fingerprint density at radius 1 is 1.23 bits per heavy atom. The Kier molecular flexibility index (Phi) is 4.78. The number of hydrogen-bond donors (Lipinski definition) is 2. The van der Waals surface area contributed by atoms with Crippen molar-refractivity contribution in [2.75, 3.05) is 5.32 Å². The lowest BCUT2D eigenvalue weighted by molar-refractivity contribution is 0.0696. The number of anilines is 2. The van der Waals surface area contributed by atoms with Gasteiger partial charge in [0, 0.05) is 18.0 Å². The first-order valence-corrected chi connectivity index (χ1v) is 8.91. The van der Waals surface area contributed by atoms with E-state index in [1.807, 2.05) is 0 Å². The lowest BCUT2D eigenvalue weighted by Gasteiger charge is -2.12. The van der Waals surface area contributed by atoms with Crippen LogP contribution in [0.5, 0.6) is 11.5 Å². The highest BCUT2D eigenvalue weighted by atomic mass is 19.1. The lowest BCUT2D eigenvalue weighted by Crippen LogP contribution is -2.01. The van der Waals surface area contributed by atoms with Gasteiger partial charge in [-0.2, -0.15) is 10.4 Å². The fraction of sp³-hybridized carbons (Fsp3) is 0.0455. The third-order valence-corrected chi connectivity index (χ3v) is 4.56. The number of nitrogens with zero attached hydrogens (tertiary/aromatic N) is 3. The molecule has 2 aromatic heterocycles. The van der Waals surface area contributed by atoms with Gasteiger partial charge in [-0.15, -0.1) is 0 Å². The molecule has 0 saturated heterocycles. The predicted octanol–water partition coefficient (Wildman–Crippen LogP) is 4.89. The average molecular weight is 402 g/mol. The van der Waals surface area contributed by atoms with E-state index < -0.39 is 5.97 Å². The van der Waals surface area contributed by atoms with E-state index in [0.29, 0.717) is 34.0 Å². The van der Waals surface area contributed by atoms with Crippen molar-refractivity contribution in [1.82, 2.24) is 9.61 Å². The highest BCUT2D eigenvalue weighted by molar-refractivity contribution is 5.96. The number of hydrogen-bond acceptors (Lipinski definition) is 5. The summed E-state index contributed by atoms with van der Waals surface area (Å²) < 4.78 is 20.4. The summed E-state index contributed by atoms with van der Waals surface area (Å²) in [6, 6.07) is 14.8. The Bertz CT molecular complexity index is 1310. The monoisotopic (exact) mass is 402 g/mol. The van der Waals surface area contributed by atoms with Gasteiger partial charge in [0.1, 0.15) is 23.4 Å². The maximum atomic E-state index is 13.3. The molecule has 0 spiro atoms. The van der Waals surface area contributed by atoms with Crippen LogP contribution in [-0.4, -0.2) is 20.7 Å². The zero-order valence-electron chi connectivity index (χ0n) is 15.8. The number of aromatic nitrogens is 2. The molecule has 0 radical (unpaired) electrons. The second-order valence-electron chi connectivity index (χ2n) is 6.52. The van der Waals surface area contributed by atoms with Crippen molar-refractivity contribution in [3.63, 3.8) is 0 Å². The molecule has 0 atom stereocenters. The largest absolute Gasteiger partial charge is 0.478 e. The van der Waals surface area contributed by atoms with E-state index in [4.69, 9.17) is 4.74 Å². The van der Waals surface area contributed by atoms with Crippen molar-refractivity contribution in [2.24, 2.45) is 0 Å². The van der Waals surface area contributed by atoms with E-state index in [-0.39, 0.29) is 16.9 Å². The number of rotatable bonds is 5. The number of benzene rings is 2. The first-order chi connectivity index (χ1) is 14.5. The van der Waals surface area contributed by atoms with Gasteiger partial charge in [-0.1, -0.05) is 6.07 Å². The highest BCUT2D eigenvalue weighted by Crippen LogP contribution is 2.31. The second kappa shape index (κ2) is 7.56. The summed E-state index contributed by atoms with van der Waals surface area (Å²) in [6.07, 6.45) is 2.79. The first-order valence-electron chi connectivity index (χ1n) is 8.91. The number of fused-ring (bicyclic) bond motifs is 1. The van der Waals surface area contributed by atoms with Gasteiger partial charge in [-0.25, -0.2) is 13.7 Å². The number of halogens is 1. The fourth-order valence-electron chi connectivity index (χ4n) is 3.13. The van der Waals surface area contributed by atoms with Crippen LogP contribution >= 0.6 is 0 Å². The first kappa shape index (κ1) is 19.0. The number of carbonyl (C=O) groups is 1. The molecular formula is C22H15FN4O3. The smallest absolute Gasteiger partial charge is 0.337 e. The summed E-state index contributed by atoms with van der Waals surface area (Å²) in [5, 5.41) is 26.2. The molecule has 4 aromatic rings. The lowest BCUT2D eigenvalue weighted by atomic mass is 10.1. The highest BCUT2D eigenvalue weighted by Gasteiger charge is 2.19. The zero-order chi connectivity index (χ0) is 21.3. The molecule has 0 unspecified atom stereocenters. The molecule has 0 aliphatic carbocycles. The number of aryl methyl sites for hydroxylation is 1. The Balaban J connectivity index is 1.67. The zero-order valence-corrected chi connectivity index (χ0v) is 15.8. The third kappa shape index (κ3) is 3.52. The molecular weight excluding hydrogens is 387 g/mol. The van der Waals surface area contributed by atoms with Gasteiger partial charge in [0.2, 0.25) is 0 Å². The van der Waals surface area contributed by atoms with Crippen LogP contribution in [0.15, 0.2) is 60.9 Å². The Hall–Kier alpha value is -4.38. The third-order valence-electron chi connectivity index (χ3n) is 4.56. The minimum absolute atomic E-state index is 0.111. The number of nitriles is 1. The molecule has 0 fully saturated rings. The Morgan fingerprint density at radius 2 is 2.00 bits per heavy atom. The molecule has 0 amide bonds. The van der Waals surface area contributed by atoms with E-state index in [1.165, 1.54) is 29.0 Å². The minimum Gasteiger partial charge on any atom is -0.478 e. The SMILES string of the molecule is Cc1c(C(=O)O)cn2ncc(C#N)c(Nc3ccc(Oc4cccc(F)c4)cc3)c12. The summed E-state index contributed by atoms with van der Waals surface area (Å²) in [6.45, 7) is 1.67. The summed E-state index contributed by atoms with van der Waals surface area (Å²) in [7, 11) is 0. The molecule has 0 aliphatic rings. The van der Waals surface area contributed by atoms with Gasteiger partial charge >= 0.3 is 5.97 Å². The molecule has 7 nitrogen and oxygen atoms in total. The van der Waals surface area contributed by atoms with Crippen molar-refractivity contribution in [1.29, 1.82) is 5.26 Å². The van der Waals surface area contributed by atoms with Crippen molar-refractivity contribution in [3.8, 4) is 17.6 Å². The van der Waals surface area contributed by atoms with Crippen LogP contribution < -0.4 is 10.1 Å². The second-order valence-corrected chi connectivity index (χ2v) is 6.52. The normalized spacial score (nSPS) is 10.6. The summed E-state index contributed by atoms with van der Waals surface area (Å²) in [5.41, 5.74) is 2.51. The van der Waals surface area contributed by atoms with Crippen molar-refractivity contribution in [2.45, 2.75) is 6.92 Å². The van der Waals surface area contributed by atoms with E-state index >= 15 is 0 Å². The van der Waals surface area contributed by atoms with Gasteiger partial charge in [-0.3, -0.25) is 0 Å². The molecule has 8 heteroatoms. The van der Waals surface area contributed by atoms with Crippen LogP contribution in [0.25, 0.3) is 5.52 Å². The van der Waals surface area contributed by atoms with Crippen molar-refractivity contribution < 1.29 is 19.0 Å². The molecule has 0 bridgehead atoms. The van der Waals surface area contributed by atoms with E-state index in [9.17, 15) is 19.6 Å². The molecule has 30 heavy (non-hydrogen) atoms. The number of carboxylic acids is 1. The molecule has 0 saturated carbocycles. The van der Waals surface area contributed by atoms with Gasteiger partial charge in [0.15, 0.2) is 0 Å². The molecule has 2 N–H and O–H groups in total. The average Bonchev–Trinajstić information content (AvgIpc) is 3.07. The van der Waals surface area contributed by atoms with E-state index in [1.54, 1.807) is 43.3 Å². The number of nitrogens with one attached hydrogen (secondary N) is 1. The number of carboxylic acid groups (broad SMARTS) is 1. The molecule has 0 aliphatic heterocycles. The van der Waals surface area contributed by atoms with Gasteiger partial charge in [-0.05, 0) is 48.9 Å². The summed E-state index contributed by atoms with van der Waals surface area (Å²) in [5.74, 6) is -0.567. The molecule has 4 rings (SSSR count). The van der Waals surface area contributed by atoms with Crippen LogP contribution in [0.2, 0.25) is 0 Å². The topological polar surface area (TPSA) is 99.6 Å². The van der Waals surface area contributed by atoms with Crippen LogP contribution in [-0.2, 0) is 0 Å². The maximum absolute atomic E-state index is 13.3. The predicted molar refractivity (Wildman–Crippen MR) is 108 cm³/mol. The quantitative estimate of drug-likeness (QED) is 0.493. The van der Waals surface area contributed by atoms with Gasteiger partial charge in [0.25, 0.3) is 0 Å². The Labute approximate surface area is 170 Å². The molecule has 2 aromatic carbocycles. The van der Waals surface area contributed by atoms with Crippen molar-refractivity contribution >= 4 is 22.9 Å². The summed E-state index contributed by atoms with van der Waals surface area (Å²) >= 11 is 0. The van der Waals surface area contributed by atoms with E-state index in [0.717, 1.165) is 0 Å². The van der Waals surface area contributed by atoms with Crippen LogP contribution in [0.1, 0.15) is 21.5 Å². The van der Waals surface area contributed by atoms with Gasteiger partial charge in [0.05, 0.1) is 28.5 Å². The van der Waals surface area contributed by atoms with Crippen LogP contribution in [0.4, 0.5) is 15.8 Å². The molecule has 148 valence electrons. The van der Waals surface area contributed by atoms with Gasteiger partial charge < -0.3 is 15.2 Å². The molecule has 2 heterocycles. The summed E-state index contributed by atoms with van der Waals surface area (Å²) in [4.78, 5) is 11.5. The van der Waals surface area contributed by atoms with Crippen molar-refractivity contribution in [3.05, 3.63) is 83.4 Å². The maximum Gasteiger partial charge on any atom is 0.337 e. The fourth-order valence-corrected chi connectivity index (χ4v) is 3.13. The van der Waals surface area contributed by atoms with Crippen LogP contribution in [0, 0.1) is 24.1 Å². The number of aromatic carboxylic acids is 1.